The third-order valence-corrected chi connectivity index (χ3v) is 5.52. The number of benzene rings is 1. The third-order valence-electron chi connectivity index (χ3n) is 5.52. The van der Waals surface area contributed by atoms with E-state index in [0.717, 1.165) is 35.5 Å². The van der Waals surface area contributed by atoms with Crippen molar-refractivity contribution >= 4 is 17.5 Å². The van der Waals surface area contributed by atoms with Gasteiger partial charge in [-0.2, -0.15) is 0 Å². The fourth-order valence-electron chi connectivity index (χ4n) is 3.69. The molecule has 0 aliphatic heterocycles. The van der Waals surface area contributed by atoms with Gasteiger partial charge in [-0.05, 0) is 45.7 Å². The number of rotatable bonds is 7. The van der Waals surface area contributed by atoms with Crippen LogP contribution in [0.15, 0.2) is 24.3 Å². The summed E-state index contributed by atoms with van der Waals surface area (Å²) in [7, 11) is 1.92. The first-order valence-electron chi connectivity index (χ1n) is 9.91. The average molecular weight is 361 g/mol. The molecule has 2 rings (SSSR count). The SMILES string of the molecule is CCN(C(=O)[C@@H](C)[NH+](C)CC(=O)Nc1ccc(C)cc1)C1CCCCC1. The molecule has 2 atom stereocenters. The zero-order chi connectivity index (χ0) is 19.1. The zero-order valence-electron chi connectivity index (χ0n) is 16.7. The summed E-state index contributed by atoms with van der Waals surface area (Å²) in [6.07, 6.45) is 5.93. The molecule has 5 heteroatoms. The Balaban J connectivity index is 1.89. The van der Waals surface area contributed by atoms with Crippen LogP contribution in [0.25, 0.3) is 0 Å². The van der Waals surface area contributed by atoms with Gasteiger partial charge in [0, 0.05) is 18.3 Å². The van der Waals surface area contributed by atoms with E-state index < -0.39 is 0 Å². The highest BCUT2D eigenvalue weighted by molar-refractivity contribution is 5.91. The number of nitrogens with zero attached hydrogens (tertiary/aromatic N) is 1. The van der Waals surface area contributed by atoms with Crippen molar-refractivity contribution in [3.05, 3.63) is 29.8 Å². The van der Waals surface area contributed by atoms with Crippen LogP contribution in [0.2, 0.25) is 0 Å². The second-order valence-electron chi connectivity index (χ2n) is 7.58. The maximum absolute atomic E-state index is 13.0. The van der Waals surface area contributed by atoms with Gasteiger partial charge >= 0.3 is 0 Å². The Kier molecular flexibility index (Phi) is 7.64. The summed E-state index contributed by atoms with van der Waals surface area (Å²) in [4.78, 5) is 28.2. The van der Waals surface area contributed by atoms with Crippen molar-refractivity contribution in [2.75, 3.05) is 25.5 Å². The first kappa shape index (κ1) is 20.4. The number of hydrogen-bond acceptors (Lipinski definition) is 2. The van der Waals surface area contributed by atoms with Crippen LogP contribution in [0, 0.1) is 6.92 Å². The van der Waals surface area contributed by atoms with E-state index in [1.54, 1.807) is 0 Å². The predicted octanol–water partition coefficient (Wildman–Crippen LogP) is 2.02. The first-order chi connectivity index (χ1) is 12.4. The molecule has 0 bridgehead atoms. The molecular weight excluding hydrogens is 326 g/mol. The molecule has 0 aromatic heterocycles. The van der Waals surface area contributed by atoms with Gasteiger partial charge in [-0.15, -0.1) is 0 Å². The minimum Gasteiger partial charge on any atom is -0.335 e. The lowest BCUT2D eigenvalue weighted by molar-refractivity contribution is -0.886. The van der Waals surface area contributed by atoms with E-state index in [2.05, 4.69) is 12.2 Å². The number of carbonyl (C=O) groups excluding carboxylic acids is 2. The van der Waals surface area contributed by atoms with Crippen LogP contribution in [0.4, 0.5) is 5.69 Å². The zero-order valence-corrected chi connectivity index (χ0v) is 16.7. The lowest BCUT2D eigenvalue weighted by atomic mass is 9.93. The molecule has 2 N–H and O–H groups in total. The number of carbonyl (C=O) groups is 2. The minimum atomic E-state index is -0.222. The van der Waals surface area contributed by atoms with Crippen LogP contribution < -0.4 is 10.2 Å². The van der Waals surface area contributed by atoms with Crippen molar-refractivity contribution in [3.8, 4) is 0 Å². The van der Waals surface area contributed by atoms with Crippen LogP contribution in [-0.4, -0.2) is 48.9 Å². The van der Waals surface area contributed by atoms with Crippen LogP contribution in [-0.2, 0) is 9.59 Å². The molecule has 1 unspecified atom stereocenters. The number of anilines is 1. The van der Waals surface area contributed by atoms with E-state index in [4.69, 9.17) is 0 Å². The summed E-state index contributed by atoms with van der Waals surface area (Å²) in [5.74, 6) is 0.103. The average Bonchev–Trinajstić information content (AvgIpc) is 2.64. The van der Waals surface area contributed by atoms with Gasteiger partial charge in [-0.3, -0.25) is 9.59 Å². The standard InChI is InChI=1S/C21H33N3O2/c1-5-24(19-9-7-6-8-10-19)21(26)17(3)23(4)15-20(25)22-18-13-11-16(2)12-14-18/h11-14,17,19H,5-10,15H2,1-4H3,(H,22,25)/p+1/t17-/m1/s1. The Bertz CT molecular complexity index is 594. The molecule has 1 aliphatic carbocycles. The molecule has 0 heterocycles. The quantitative estimate of drug-likeness (QED) is 0.782. The smallest absolute Gasteiger partial charge is 0.280 e. The van der Waals surface area contributed by atoms with E-state index in [1.807, 2.05) is 50.1 Å². The molecule has 1 aromatic carbocycles. The lowest BCUT2D eigenvalue weighted by Gasteiger charge is -2.35. The summed E-state index contributed by atoms with van der Waals surface area (Å²) < 4.78 is 0. The van der Waals surface area contributed by atoms with E-state index in [0.29, 0.717) is 6.04 Å². The van der Waals surface area contributed by atoms with Crippen LogP contribution in [0.1, 0.15) is 51.5 Å². The highest BCUT2D eigenvalue weighted by Crippen LogP contribution is 2.22. The van der Waals surface area contributed by atoms with Gasteiger partial charge in [0.2, 0.25) is 0 Å². The molecule has 0 radical (unpaired) electrons. The lowest BCUT2D eigenvalue weighted by Crippen LogP contribution is -3.15. The molecule has 5 nitrogen and oxygen atoms in total. The van der Waals surface area contributed by atoms with E-state index in [-0.39, 0.29) is 24.4 Å². The molecule has 1 aromatic rings. The van der Waals surface area contributed by atoms with E-state index in [9.17, 15) is 9.59 Å². The highest BCUT2D eigenvalue weighted by atomic mass is 16.2. The van der Waals surface area contributed by atoms with Crippen molar-refractivity contribution in [2.45, 2.75) is 65.0 Å². The maximum Gasteiger partial charge on any atom is 0.280 e. The summed E-state index contributed by atoms with van der Waals surface area (Å²) in [6.45, 7) is 7.03. The van der Waals surface area contributed by atoms with Gasteiger partial charge in [0.1, 0.15) is 0 Å². The van der Waals surface area contributed by atoms with Gasteiger partial charge in [-0.25, -0.2) is 0 Å². The molecule has 1 aliphatic rings. The molecule has 0 spiro atoms. The van der Waals surface area contributed by atoms with Gasteiger partial charge in [-0.1, -0.05) is 37.0 Å². The topological polar surface area (TPSA) is 53.9 Å². The Morgan fingerprint density at radius 2 is 1.81 bits per heavy atom. The van der Waals surface area contributed by atoms with Gasteiger partial charge in [0.25, 0.3) is 11.8 Å². The van der Waals surface area contributed by atoms with Crippen LogP contribution in [0.5, 0.6) is 0 Å². The maximum atomic E-state index is 13.0. The van der Waals surface area contributed by atoms with Gasteiger partial charge < -0.3 is 15.1 Å². The molecule has 1 fully saturated rings. The van der Waals surface area contributed by atoms with Crippen LogP contribution in [0.3, 0.4) is 0 Å². The fourth-order valence-corrected chi connectivity index (χ4v) is 3.69. The summed E-state index contributed by atoms with van der Waals surface area (Å²) in [6, 6.07) is 7.90. The van der Waals surface area contributed by atoms with Gasteiger partial charge in [0.05, 0.1) is 7.05 Å². The number of quaternary nitrogens is 1. The van der Waals surface area contributed by atoms with Crippen molar-refractivity contribution in [1.29, 1.82) is 0 Å². The Morgan fingerprint density at radius 3 is 2.38 bits per heavy atom. The summed E-state index contributed by atoms with van der Waals surface area (Å²) >= 11 is 0. The van der Waals surface area contributed by atoms with Crippen LogP contribution >= 0.6 is 0 Å². The molecule has 0 saturated heterocycles. The van der Waals surface area contributed by atoms with Gasteiger partial charge in [0.15, 0.2) is 12.6 Å². The second kappa shape index (κ2) is 9.72. The Hall–Kier alpha value is -1.88. The number of nitrogens with one attached hydrogen (secondary N) is 2. The molecule has 2 amide bonds. The number of amides is 2. The Labute approximate surface area is 157 Å². The predicted molar refractivity (Wildman–Crippen MR) is 105 cm³/mol. The number of hydrogen-bond donors (Lipinski definition) is 2. The minimum absolute atomic E-state index is 0.0632. The highest BCUT2D eigenvalue weighted by Gasteiger charge is 2.32. The molecule has 1 saturated carbocycles. The van der Waals surface area contributed by atoms with Crippen molar-refractivity contribution < 1.29 is 14.5 Å². The molecule has 26 heavy (non-hydrogen) atoms. The van der Waals surface area contributed by atoms with Crippen molar-refractivity contribution in [1.82, 2.24) is 4.90 Å². The van der Waals surface area contributed by atoms with E-state index >= 15 is 0 Å². The normalized spacial score (nSPS) is 17.4. The first-order valence-corrected chi connectivity index (χ1v) is 9.91. The number of likely N-dealkylation sites (N-methyl/N-ethyl adjacent to an activating group) is 2. The Morgan fingerprint density at radius 1 is 1.19 bits per heavy atom. The van der Waals surface area contributed by atoms with Crippen molar-refractivity contribution in [2.24, 2.45) is 0 Å². The third kappa shape index (κ3) is 5.56. The second-order valence-corrected chi connectivity index (χ2v) is 7.58. The molecular formula is C21H34N3O2+. The fraction of sp³-hybridized carbons (Fsp3) is 0.619. The number of aryl methyl sites for hydroxylation is 1. The molecule has 144 valence electrons. The summed E-state index contributed by atoms with van der Waals surface area (Å²) in [5, 5.41) is 2.92. The monoisotopic (exact) mass is 360 g/mol. The van der Waals surface area contributed by atoms with Crippen molar-refractivity contribution in [3.63, 3.8) is 0 Å². The largest absolute Gasteiger partial charge is 0.335 e. The van der Waals surface area contributed by atoms with E-state index in [1.165, 1.54) is 19.3 Å². The summed E-state index contributed by atoms with van der Waals surface area (Å²) in [5.41, 5.74) is 1.96.